The number of benzene rings is 1. The largest absolute Gasteiger partial charge is 0.313 e. The van der Waals surface area contributed by atoms with Gasteiger partial charge in [-0.25, -0.2) is 0 Å². The van der Waals surface area contributed by atoms with Crippen molar-refractivity contribution < 1.29 is 0 Å². The van der Waals surface area contributed by atoms with Crippen LogP contribution in [0.4, 0.5) is 0 Å². The maximum Gasteiger partial charge on any atom is 0.0335 e. The van der Waals surface area contributed by atoms with Crippen LogP contribution in [0, 0.1) is 6.92 Å². The zero-order valence-corrected chi connectivity index (χ0v) is 12.7. The smallest absolute Gasteiger partial charge is 0.0335 e. The van der Waals surface area contributed by atoms with Gasteiger partial charge in [0.15, 0.2) is 0 Å². The highest BCUT2D eigenvalue weighted by atomic mass is 15.3. The molecular weight excluding hydrogens is 234 g/mol. The lowest BCUT2D eigenvalue weighted by Crippen LogP contribution is -2.50. The van der Waals surface area contributed by atoms with Gasteiger partial charge in [0.05, 0.1) is 0 Å². The van der Waals surface area contributed by atoms with Gasteiger partial charge >= 0.3 is 0 Å². The third kappa shape index (κ3) is 3.56. The number of hydrogen-bond donors (Lipinski definition) is 1. The quantitative estimate of drug-likeness (QED) is 0.893. The fourth-order valence-electron chi connectivity index (χ4n) is 3.01. The topological polar surface area (TPSA) is 18.5 Å². The van der Waals surface area contributed by atoms with Crippen molar-refractivity contribution in [3.05, 3.63) is 35.4 Å². The minimum Gasteiger partial charge on any atom is -0.313 e. The molecule has 106 valence electrons. The van der Waals surface area contributed by atoms with Gasteiger partial charge in [0.1, 0.15) is 0 Å². The third-order valence-corrected chi connectivity index (χ3v) is 4.40. The highest BCUT2D eigenvalue weighted by Crippen LogP contribution is 2.24. The molecule has 1 aliphatic heterocycles. The van der Waals surface area contributed by atoms with E-state index in [1.165, 1.54) is 37.2 Å². The molecule has 1 N–H and O–H groups in total. The molecule has 1 fully saturated rings. The fourth-order valence-corrected chi connectivity index (χ4v) is 3.01. The minimum absolute atomic E-state index is 0.445. The summed E-state index contributed by atoms with van der Waals surface area (Å²) >= 11 is 0. The second-order valence-corrected chi connectivity index (χ2v) is 5.83. The summed E-state index contributed by atoms with van der Waals surface area (Å²) in [5.74, 6) is 0. The van der Waals surface area contributed by atoms with Gasteiger partial charge in [-0.3, -0.25) is 0 Å². The average Bonchev–Trinajstić information content (AvgIpc) is 2.41. The van der Waals surface area contributed by atoms with E-state index in [2.05, 4.69) is 67.4 Å². The van der Waals surface area contributed by atoms with E-state index in [0.717, 1.165) is 0 Å². The summed E-state index contributed by atoms with van der Waals surface area (Å²) in [5, 5.41) is 3.50. The van der Waals surface area contributed by atoms with E-state index in [1.807, 2.05) is 0 Å². The predicted molar refractivity (Wildman–Crippen MR) is 81.5 cm³/mol. The first-order chi connectivity index (χ1) is 9.11. The van der Waals surface area contributed by atoms with Crippen LogP contribution >= 0.6 is 0 Å². The lowest BCUT2D eigenvalue weighted by Gasteiger charge is -2.39. The summed E-state index contributed by atoms with van der Waals surface area (Å²) in [6.45, 7) is 5.73. The number of aryl methyl sites for hydroxylation is 1. The standard InChI is InChI=1S/C16H27N3/c1-13-7-5-6-8-15(13)16(17-2)11-14-12-18(3)9-10-19(14)4/h5-8,14,16-17H,9-12H2,1-4H3. The fraction of sp³-hybridized carbons (Fsp3) is 0.625. The number of nitrogens with zero attached hydrogens (tertiary/aromatic N) is 2. The van der Waals surface area contributed by atoms with Crippen LogP contribution in [-0.4, -0.2) is 56.6 Å². The second kappa shape index (κ2) is 6.51. The van der Waals surface area contributed by atoms with Gasteiger partial charge in [0.2, 0.25) is 0 Å². The van der Waals surface area contributed by atoms with E-state index in [9.17, 15) is 0 Å². The molecule has 1 heterocycles. The lowest BCUT2D eigenvalue weighted by molar-refractivity contribution is 0.102. The van der Waals surface area contributed by atoms with Crippen LogP contribution in [0.5, 0.6) is 0 Å². The van der Waals surface area contributed by atoms with E-state index in [1.54, 1.807) is 0 Å². The Labute approximate surface area is 117 Å². The van der Waals surface area contributed by atoms with Gasteiger partial charge in [-0.15, -0.1) is 0 Å². The SMILES string of the molecule is CNC(CC1CN(C)CCN1C)c1ccccc1C. The minimum atomic E-state index is 0.445. The molecule has 1 aromatic rings. The number of likely N-dealkylation sites (N-methyl/N-ethyl adjacent to an activating group) is 2. The molecule has 0 spiro atoms. The molecule has 1 aliphatic rings. The first kappa shape index (κ1) is 14.5. The normalized spacial score (nSPS) is 23.5. The molecule has 0 amide bonds. The molecule has 2 atom stereocenters. The Morgan fingerprint density at radius 2 is 2.00 bits per heavy atom. The highest BCUT2D eigenvalue weighted by Gasteiger charge is 2.25. The van der Waals surface area contributed by atoms with Crippen LogP contribution in [-0.2, 0) is 0 Å². The van der Waals surface area contributed by atoms with E-state index < -0.39 is 0 Å². The molecule has 2 unspecified atom stereocenters. The maximum atomic E-state index is 3.50. The Morgan fingerprint density at radius 3 is 2.68 bits per heavy atom. The first-order valence-electron chi connectivity index (χ1n) is 7.23. The zero-order valence-electron chi connectivity index (χ0n) is 12.7. The highest BCUT2D eigenvalue weighted by molar-refractivity contribution is 5.28. The molecule has 0 saturated carbocycles. The Balaban J connectivity index is 2.08. The maximum absolute atomic E-state index is 3.50. The van der Waals surface area contributed by atoms with E-state index in [4.69, 9.17) is 0 Å². The van der Waals surface area contributed by atoms with E-state index in [-0.39, 0.29) is 0 Å². The summed E-state index contributed by atoms with van der Waals surface area (Å²) in [6.07, 6.45) is 1.17. The molecule has 3 heteroatoms. The van der Waals surface area contributed by atoms with E-state index >= 15 is 0 Å². The van der Waals surface area contributed by atoms with Gasteiger partial charge in [0.25, 0.3) is 0 Å². The summed E-state index contributed by atoms with van der Waals surface area (Å²) in [5.41, 5.74) is 2.82. The van der Waals surface area contributed by atoms with Gasteiger partial charge in [-0.2, -0.15) is 0 Å². The van der Waals surface area contributed by atoms with Crippen LogP contribution in [0.3, 0.4) is 0 Å². The van der Waals surface area contributed by atoms with Crippen molar-refractivity contribution in [2.45, 2.75) is 25.4 Å². The van der Waals surface area contributed by atoms with Gasteiger partial charge < -0.3 is 15.1 Å². The third-order valence-electron chi connectivity index (χ3n) is 4.40. The van der Waals surface area contributed by atoms with Crippen molar-refractivity contribution in [1.82, 2.24) is 15.1 Å². The Bertz CT molecular complexity index is 405. The van der Waals surface area contributed by atoms with Gasteiger partial charge in [-0.05, 0) is 45.6 Å². The van der Waals surface area contributed by atoms with Crippen molar-refractivity contribution in [3.8, 4) is 0 Å². The lowest BCUT2D eigenvalue weighted by atomic mass is 9.94. The summed E-state index contributed by atoms with van der Waals surface area (Å²) in [7, 11) is 6.55. The average molecular weight is 261 g/mol. The summed E-state index contributed by atoms with van der Waals surface area (Å²) < 4.78 is 0. The van der Waals surface area contributed by atoms with Crippen LogP contribution in [0.1, 0.15) is 23.6 Å². The number of hydrogen-bond acceptors (Lipinski definition) is 3. The second-order valence-electron chi connectivity index (χ2n) is 5.83. The first-order valence-corrected chi connectivity index (χ1v) is 7.23. The van der Waals surface area contributed by atoms with Crippen LogP contribution in [0.2, 0.25) is 0 Å². The van der Waals surface area contributed by atoms with Gasteiger partial charge in [-0.1, -0.05) is 24.3 Å². The summed E-state index contributed by atoms with van der Waals surface area (Å²) in [4.78, 5) is 4.94. The van der Waals surface area contributed by atoms with Crippen molar-refractivity contribution in [2.75, 3.05) is 40.8 Å². The molecule has 19 heavy (non-hydrogen) atoms. The molecule has 1 saturated heterocycles. The molecular formula is C16H27N3. The molecule has 2 rings (SSSR count). The Kier molecular flexibility index (Phi) is 4.97. The number of rotatable bonds is 4. The molecule has 1 aromatic carbocycles. The van der Waals surface area contributed by atoms with Crippen molar-refractivity contribution in [1.29, 1.82) is 0 Å². The molecule has 0 aliphatic carbocycles. The van der Waals surface area contributed by atoms with Crippen LogP contribution in [0.15, 0.2) is 24.3 Å². The summed E-state index contributed by atoms with van der Waals surface area (Å²) in [6, 6.07) is 9.80. The van der Waals surface area contributed by atoms with Gasteiger partial charge in [0, 0.05) is 31.7 Å². The Morgan fingerprint density at radius 1 is 1.26 bits per heavy atom. The number of piperazine rings is 1. The number of nitrogens with one attached hydrogen (secondary N) is 1. The molecule has 0 bridgehead atoms. The monoisotopic (exact) mass is 261 g/mol. The van der Waals surface area contributed by atoms with Crippen LogP contribution < -0.4 is 5.32 Å². The Hall–Kier alpha value is -0.900. The van der Waals surface area contributed by atoms with E-state index in [0.29, 0.717) is 12.1 Å². The molecule has 3 nitrogen and oxygen atoms in total. The van der Waals surface area contributed by atoms with Crippen molar-refractivity contribution in [3.63, 3.8) is 0 Å². The molecule has 0 radical (unpaired) electrons. The van der Waals surface area contributed by atoms with Crippen molar-refractivity contribution >= 4 is 0 Å². The van der Waals surface area contributed by atoms with Crippen molar-refractivity contribution in [2.24, 2.45) is 0 Å². The zero-order chi connectivity index (χ0) is 13.8. The predicted octanol–water partition coefficient (Wildman–Crippen LogP) is 1.89. The van der Waals surface area contributed by atoms with Crippen LogP contribution in [0.25, 0.3) is 0 Å². The molecule has 0 aromatic heterocycles.